The number of benzene rings is 1. The van der Waals surface area contributed by atoms with Crippen molar-refractivity contribution in [2.24, 2.45) is 5.73 Å². The number of likely N-dealkylation sites (tertiary alicyclic amines) is 1. The number of nitrogens with two attached hydrogens (primary N) is 1. The van der Waals surface area contributed by atoms with Crippen LogP contribution in [0.5, 0.6) is 0 Å². The maximum absolute atomic E-state index is 12.5. The average Bonchev–Trinajstić information content (AvgIpc) is 2.53. The molecule has 0 radical (unpaired) electrons. The highest BCUT2D eigenvalue weighted by molar-refractivity contribution is 5.96. The minimum atomic E-state index is -0.0471. The molecule has 23 heavy (non-hydrogen) atoms. The lowest BCUT2D eigenvalue weighted by molar-refractivity contribution is -0.116. The summed E-state index contributed by atoms with van der Waals surface area (Å²) in [5.41, 5.74) is 6.77. The van der Waals surface area contributed by atoms with E-state index in [9.17, 15) is 9.59 Å². The van der Waals surface area contributed by atoms with Crippen LogP contribution in [0.1, 0.15) is 49.4 Å². The predicted octanol–water partition coefficient (Wildman–Crippen LogP) is 2.80. The number of nitrogens with one attached hydrogen (secondary N) is 1. The molecule has 2 rings (SSSR count). The van der Waals surface area contributed by atoms with Gasteiger partial charge in [-0.1, -0.05) is 0 Å². The summed E-state index contributed by atoms with van der Waals surface area (Å²) in [7, 11) is 0. The van der Waals surface area contributed by atoms with Crippen molar-refractivity contribution in [3.63, 3.8) is 0 Å². The van der Waals surface area contributed by atoms with E-state index >= 15 is 0 Å². The number of halogens is 1. The van der Waals surface area contributed by atoms with E-state index in [1.54, 1.807) is 24.3 Å². The standard InChI is InChI=1S/C17H25N3O2.ClH/c1-13-5-2-3-12-20(13)17(22)14-7-9-15(10-8-14)19-16(21)6-4-11-18;/h7-10,13H,2-6,11-12,18H2,1H3,(H,19,21);1H. The second-order valence-electron chi connectivity index (χ2n) is 5.86. The second-order valence-corrected chi connectivity index (χ2v) is 5.86. The van der Waals surface area contributed by atoms with Gasteiger partial charge in [0.1, 0.15) is 0 Å². The summed E-state index contributed by atoms with van der Waals surface area (Å²) < 4.78 is 0. The molecule has 6 heteroatoms. The normalized spacial score (nSPS) is 17.3. The third-order valence-corrected chi connectivity index (χ3v) is 4.09. The monoisotopic (exact) mass is 339 g/mol. The first-order valence-electron chi connectivity index (χ1n) is 8.03. The lowest BCUT2D eigenvalue weighted by Crippen LogP contribution is -2.42. The number of piperidine rings is 1. The minimum Gasteiger partial charge on any atom is -0.336 e. The number of anilines is 1. The summed E-state index contributed by atoms with van der Waals surface area (Å²) in [4.78, 5) is 26.1. The number of rotatable bonds is 5. The van der Waals surface area contributed by atoms with Gasteiger partial charge in [0.25, 0.3) is 5.91 Å². The Morgan fingerprint density at radius 2 is 1.96 bits per heavy atom. The smallest absolute Gasteiger partial charge is 0.254 e. The van der Waals surface area contributed by atoms with E-state index < -0.39 is 0 Å². The molecule has 5 nitrogen and oxygen atoms in total. The van der Waals surface area contributed by atoms with Crippen LogP contribution in [-0.2, 0) is 4.79 Å². The summed E-state index contributed by atoms with van der Waals surface area (Å²) in [6, 6.07) is 7.42. The van der Waals surface area contributed by atoms with Crippen molar-refractivity contribution < 1.29 is 9.59 Å². The van der Waals surface area contributed by atoms with Crippen LogP contribution < -0.4 is 11.1 Å². The quantitative estimate of drug-likeness (QED) is 0.866. The maximum Gasteiger partial charge on any atom is 0.254 e. The summed E-state index contributed by atoms with van der Waals surface area (Å²) in [6.45, 7) is 3.44. The third-order valence-electron chi connectivity index (χ3n) is 4.09. The highest BCUT2D eigenvalue weighted by Gasteiger charge is 2.23. The van der Waals surface area contributed by atoms with Gasteiger partial charge in [0.05, 0.1) is 0 Å². The van der Waals surface area contributed by atoms with Gasteiger partial charge < -0.3 is 16.0 Å². The fourth-order valence-corrected chi connectivity index (χ4v) is 2.75. The summed E-state index contributed by atoms with van der Waals surface area (Å²) in [5, 5.41) is 2.81. The van der Waals surface area contributed by atoms with Gasteiger partial charge in [-0.3, -0.25) is 9.59 Å². The Kier molecular flexibility index (Phi) is 8.06. The van der Waals surface area contributed by atoms with Gasteiger partial charge in [0.2, 0.25) is 5.91 Å². The van der Waals surface area contributed by atoms with E-state index in [1.165, 1.54) is 6.42 Å². The Balaban J connectivity index is 0.00000264. The zero-order valence-electron chi connectivity index (χ0n) is 13.6. The van der Waals surface area contributed by atoms with Crippen LogP contribution >= 0.6 is 12.4 Å². The lowest BCUT2D eigenvalue weighted by Gasteiger charge is -2.33. The first kappa shape index (κ1) is 19.5. The van der Waals surface area contributed by atoms with Gasteiger partial charge in [-0.15, -0.1) is 12.4 Å². The van der Waals surface area contributed by atoms with Crippen LogP contribution in [0, 0.1) is 0 Å². The van der Waals surface area contributed by atoms with E-state index in [0.29, 0.717) is 36.7 Å². The van der Waals surface area contributed by atoms with Crippen molar-refractivity contribution in [3.05, 3.63) is 29.8 Å². The van der Waals surface area contributed by atoms with E-state index in [1.807, 2.05) is 4.90 Å². The van der Waals surface area contributed by atoms with Gasteiger partial charge in [-0.05, 0) is 63.4 Å². The number of nitrogens with zero attached hydrogens (tertiary/aromatic N) is 1. The van der Waals surface area contributed by atoms with Crippen molar-refractivity contribution in [1.82, 2.24) is 4.90 Å². The highest BCUT2D eigenvalue weighted by Crippen LogP contribution is 2.20. The molecular formula is C17H26ClN3O2. The average molecular weight is 340 g/mol. The number of carbonyl (C=O) groups excluding carboxylic acids is 2. The van der Waals surface area contributed by atoms with Gasteiger partial charge >= 0.3 is 0 Å². The molecule has 1 saturated heterocycles. The maximum atomic E-state index is 12.5. The number of carbonyl (C=O) groups is 2. The minimum absolute atomic E-state index is 0. The van der Waals surface area contributed by atoms with E-state index in [-0.39, 0.29) is 24.2 Å². The van der Waals surface area contributed by atoms with Gasteiger partial charge in [0, 0.05) is 30.3 Å². The zero-order valence-corrected chi connectivity index (χ0v) is 14.4. The van der Waals surface area contributed by atoms with Gasteiger partial charge in [-0.25, -0.2) is 0 Å². The molecule has 1 unspecified atom stereocenters. The fourth-order valence-electron chi connectivity index (χ4n) is 2.75. The van der Waals surface area contributed by atoms with Crippen molar-refractivity contribution in [1.29, 1.82) is 0 Å². The molecule has 0 saturated carbocycles. The Morgan fingerprint density at radius 1 is 1.26 bits per heavy atom. The van der Waals surface area contributed by atoms with Crippen LogP contribution in [0.3, 0.4) is 0 Å². The Hall–Kier alpha value is -1.59. The van der Waals surface area contributed by atoms with Crippen LogP contribution in [-0.4, -0.2) is 35.8 Å². The molecule has 1 aromatic carbocycles. The van der Waals surface area contributed by atoms with E-state index in [2.05, 4.69) is 12.2 Å². The summed E-state index contributed by atoms with van der Waals surface area (Å²) in [5.74, 6) is 0.0300. The molecular weight excluding hydrogens is 314 g/mol. The highest BCUT2D eigenvalue weighted by atomic mass is 35.5. The van der Waals surface area contributed by atoms with Crippen LogP contribution in [0.2, 0.25) is 0 Å². The number of hydrogen-bond donors (Lipinski definition) is 2. The van der Waals surface area contributed by atoms with Crippen LogP contribution in [0.25, 0.3) is 0 Å². The van der Waals surface area contributed by atoms with Gasteiger partial charge in [-0.2, -0.15) is 0 Å². The van der Waals surface area contributed by atoms with Crippen LogP contribution in [0.15, 0.2) is 24.3 Å². The molecule has 1 heterocycles. The number of hydrogen-bond acceptors (Lipinski definition) is 3. The lowest BCUT2D eigenvalue weighted by atomic mass is 10.0. The topological polar surface area (TPSA) is 75.4 Å². The summed E-state index contributed by atoms with van der Waals surface area (Å²) >= 11 is 0. The molecule has 0 aliphatic carbocycles. The van der Waals surface area contributed by atoms with Crippen LogP contribution in [0.4, 0.5) is 5.69 Å². The largest absolute Gasteiger partial charge is 0.336 e. The summed E-state index contributed by atoms with van der Waals surface area (Å²) in [6.07, 6.45) is 4.43. The first-order valence-corrected chi connectivity index (χ1v) is 8.03. The molecule has 0 aromatic heterocycles. The third kappa shape index (κ3) is 5.52. The van der Waals surface area contributed by atoms with Crippen molar-refractivity contribution in [2.75, 3.05) is 18.4 Å². The molecule has 0 spiro atoms. The van der Waals surface area contributed by atoms with Crippen molar-refractivity contribution in [3.8, 4) is 0 Å². The van der Waals surface area contributed by atoms with Gasteiger partial charge in [0.15, 0.2) is 0 Å². The van der Waals surface area contributed by atoms with Crippen molar-refractivity contribution in [2.45, 2.75) is 45.1 Å². The molecule has 1 atom stereocenters. The molecule has 1 aliphatic rings. The van der Waals surface area contributed by atoms with E-state index in [0.717, 1.165) is 19.4 Å². The Morgan fingerprint density at radius 3 is 2.57 bits per heavy atom. The number of amides is 2. The SMILES string of the molecule is CC1CCCCN1C(=O)c1ccc(NC(=O)CCCN)cc1.Cl. The molecule has 1 aliphatic heterocycles. The Bertz CT molecular complexity index is 519. The Labute approximate surface area is 144 Å². The molecule has 1 fully saturated rings. The fraction of sp³-hybridized carbons (Fsp3) is 0.529. The zero-order chi connectivity index (χ0) is 15.9. The first-order chi connectivity index (χ1) is 10.6. The molecule has 1 aromatic rings. The molecule has 128 valence electrons. The van der Waals surface area contributed by atoms with E-state index in [4.69, 9.17) is 5.73 Å². The molecule has 2 amide bonds. The predicted molar refractivity (Wildman–Crippen MR) is 95.0 cm³/mol. The second kappa shape index (κ2) is 9.53. The molecule has 3 N–H and O–H groups in total. The van der Waals surface area contributed by atoms with Crippen molar-refractivity contribution >= 4 is 29.9 Å². The molecule has 0 bridgehead atoms.